The number of hydrogen-bond donors (Lipinski definition) is 2. The second-order valence-corrected chi connectivity index (χ2v) is 6.67. The van der Waals surface area contributed by atoms with Crippen LogP contribution >= 0.6 is 11.8 Å². The van der Waals surface area contributed by atoms with Crippen molar-refractivity contribution in [1.29, 1.82) is 0 Å². The average molecular weight is 301 g/mol. The van der Waals surface area contributed by atoms with Crippen LogP contribution in [0.15, 0.2) is 24.3 Å². The second kappa shape index (κ2) is 7.50. The number of thioether (sulfide) groups is 1. The van der Waals surface area contributed by atoms with E-state index in [4.69, 9.17) is 15.6 Å². The van der Waals surface area contributed by atoms with Crippen molar-refractivity contribution in [2.24, 2.45) is 5.73 Å². The lowest BCUT2D eigenvalue weighted by Gasteiger charge is -2.27. The molecule has 0 amide bonds. The first-order valence-corrected chi connectivity index (χ1v) is 7.32. The molecule has 1 rings (SSSR count). The molecule has 1 atom stereocenters. The largest absolute Gasteiger partial charge is 0.494 e. The molecule has 0 radical (unpaired) electrons. The summed E-state index contributed by atoms with van der Waals surface area (Å²) in [6.45, 7) is 4.13. The minimum atomic E-state index is -0.995. The van der Waals surface area contributed by atoms with Gasteiger partial charge < -0.3 is 15.6 Å². The molecule has 0 aliphatic rings. The van der Waals surface area contributed by atoms with E-state index in [1.54, 1.807) is 12.1 Å². The minimum Gasteiger partial charge on any atom is -0.494 e. The lowest BCUT2D eigenvalue weighted by atomic mass is 10.1. The summed E-state index contributed by atoms with van der Waals surface area (Å²) in [6, 6.07) is 4.95. The number of carboxylic acid groups (broad SMARTS) is 1. The number of hydrogen-bond acceptors (Lipinski definition) is 4. The normalized spacial score (nSPS) is 13.0. The van der Waals surface area contributed by atoms with E-state index in [9.17, 15) is 9.18 Å². The third kappa shape index (κ3) is 5.38. The lowest BCUT2D eigenvalue weighted by molar-refractivity contribution is -0.139. The number of carbonyl (C=O) groups is 1. The van der Waals surface area contributed by atoms with Gasteiger partial charge in [0.25, 0.3) is 0 Å². The van der Waals surface area contributed by atoms with Crippen LogP contribution in [0, 0.1) is 5.82 Å². The molecule has 112 valence electrons. The second-order valence-electron chi connectivity index (χ2n) is 4.92. The number of aliphatic carboxylic acids is 1. The van der Waals surface area contributed by atoms with Crippen LogP contribution in [0.5, 0.6) is 5.75 Å². The van der Waals surface area contributed by atoms with E-state index < -0.39 is 16.8 Å². The molecule has 0 spiro atoms. The summed E-state index contributed by atoms with van der Waals surface area (Å²) in [5.41, 5.74) is 5.63. The van der Waals surface area contributed by atoms with Crippen molar-refractivity contribution in [2.75, 3.05) is 12.4 Å². The smallest absolute Gasteiger partial charge is 0.321 e. The van der Waals surface area contributed by atoms with E-state index in [2.05, 4.69) is 0 Å². The van der Waals surface area contributed by atoms with E-state index in [1.807, 2.05) is 13.8 Å². The first-order chi connectivity index (χ1) is 9.33. The maximum Gasteiger partial charge on any atom is 0.321 e. The molecule has 1 aromatic carbocycles. The van der Waals surface area contributed by atoms with E-state index in [-0.39, 0.29) is 5.82 Å². The summed E-state index contributed by atoms with van der Waals surface area (Å²) >= 11 is 1.51. The molecular weight excluding hydrogens is 281 g/mol. The van der Waals surface area contributed by atoms with Crippen molar-refractivity contribution in [3.63, 3.8) is 0 Å². The monoisotopic (exact) mass is 301 g/mol. The summed E-state index contributed by atoms with van der Waals surface area (Å²) in [6.07, 6.45) is 0.762. The first kappa shape index (κ1) is 16.8. The van der Waals surface area contributed by atoms with Crippen molar-refractivity contribution in [3.8, 4) is 5.75 Å². The zero-order valence-corrected chi connectivity index (χ0v) is 12.5. The van der Waals surface area contributed by atoms with Gasteiger partial charge in [-0.05, 0) is 50.3 Å². The molecule has 6 heteroatoms. The Morgan fingerprint density at radius 1 is 1.45 bits per heavy atom. The predicted octanol–water partition coefficient (Wildman–Crippen LogP) is 2.52. The van der Waals surface area contributed by atoms with Gasteiger partial charge in [0.1, 0.15) is 17.6 Å². The molecule has 0 fully saturated rings. The standard InChI is InChI=1S/C14H20FNO3S/c1-14(2,12(16)13(17)18)20-9-3-8-19-11-6-4-10(15)5-7-11/h4-7,12H,3,8-9,16H2,1-2H3,(H,17,18)/t12-/m1/s1. The minimum absolute atomic E-state index is 0.294. The van der Waals surface area contributed by atoms with Crippen molar-refractivity contribution in [3.05, 3.63) is 30.1 Å². The Labute approximate surface area is 122 Å². The summed E-state index contributed by atoms with van der Waals surface area (Å²) in [5, 5.41) is 8.90. The van der Waals surface area contributed by atoms with Gasteiger partial charge in [0, 0.05) is 4.75 Å². The van der Waals surface area contributed by atoms with Crippen LogP contribution in [0.25, 0.3) is 0 Å². The van der Waals surface area contributed by atoms with Gasteiger partial charge in [-0.15, -0.1) is 0 Å². The zero-order chi connectivity index (χ0) is 15.2. The van der Waals surface area contributed by atoms with Gasteiger partial charge in [0.2, 0.25) is 0 Å². The average Bonchev–Trinajstić information content (AvgIpc) is 2.39. The van der Waals surface area contributed by atoms with Crippen molar-refractivity contribution in [1.82, 2.24) is 0 Å². The molecule has 0 bridgehead atoms. The fraction of sp³-hybridized carbons (Fsp3) is 0.500. The number of carboxylic acids is 1. The Balaban J connectivity index is 2.25. The number of benzene rings is 1. The molecule has 0 unspecified atom stereocenters. The maximum absolute atomic E-state index is 12.7. The summed E-state index contributed by atoms with van der Waals surface area (Å²) in [5.74, 6) is 0.0788. The SMILES string of the molecule is CC(C)(SCCCOc1ccc(F)cc1)[C@H](N)C(=O)O. The highest BCUT2D eigenvalue weighted by Crippen LogP contribution is 2.28. The molecule has 0 saturated heterocycles. The molecule has 1 aromatic rings. The van der Waals surface area contributed by atoms with Gasteiger partial charge in [0.05, 0.1) is 6.61 Å². The fourth-order valence-corrected chi connectivity index (χ4v) is 2.57. The highest BCUT2D eigenvalue weighted by Gasteiger charge is 2.32. The fourth-order valence-electron chi connectivity index (χ4n) is 1.50. The van der Waals surface area contributed by atoms with Gasteiger partial charge >= 0.3 is 5.97 Å². The van der Waals surface area contributed by atoms with E-state index in [1.165, 1.54) is 23.9 Å². The predicted molar refractivity (Wildman–Crippen MR) is 78.7 cm³/mol. The Bertz CT molecular complexity index is 437. The van der Waals surface area contributed by atoms with E-state index in [0.29, 0.717) is 12.4 Å². The van der Waals surface area contributed by atoms with Crippen molar-refractivity contribution in [2.45, 2.75) is 31.1 Å². The highest BCUT2D eigenvalue weighted by atomic mass is 32.2. The summed E-state index contributed by atoms with van der Waals surface area (Å²) in [7, 11) is 0. The third-order valence-electron chi connectivity index (χ3n) is 2.86. The molecule has 0 aliphatic carbocycles. The van der Waals surface area contributed by atoms with Gasteiger partial charge in [-0.3, -0.25) is 4.79 Å². The Morgan fingerprint density at radius 2 is 2.05 bits per heavy atom. The van der Waals surface area contributed by atoms with Crippen LogP contribution in [-0.2, 0) is 4.79 Å². The Kier molecular flexibility index (Phi) is 6.29. The maximum atomic E-state index is 12.7. The van der Waals surface area contributed by atoms with E-state index in [0.717, 1.165) is 12.2 Å². The van der Waals surface area contributed by atoms with Gasteiger partial charge in [-0.2, -0.15) is 11.8 Å². The quantitative estimate of drug-likeness (QED) is 0.722. The molecular formula is C14H20FNO3S. The van der Waals surface area contributed by atoms with Crippen LogP contribution in [0.4, 0.5) is 4.39 Å². The van der Waals surface area contributed by atoms with Crippen molar-refractivity contribution >= 4 is 17.7 Å². The van der Waals surface area contributed by atoms with Gasteiger partial charge in [-0.25, -0.2) is 4.39 Å². The van der Waals surface area contributed by atoms with E-state index >= 15 is 0 Å². The molecule has 20 heavy (non-hydrogen) atoms. The molecule has 0 heterocycles. The summed E-state index contributed by atoms with van der Waals surface area (Å²) in [4.78, 5) is 10.9. The number of nitrogens with two attached hydrogens (primary N) is 1. The molecule has 3 N–H and O–H groups in total. The lowest BCUT2D eigenvalue weighted by Crippen LogP contribution is -2.46. The van der Waals surface area contributed by atoms with Gasteiger partial charge in [-0.1, -0.05) is 0 Å². The molecule has 4 nitrogen and oxygen atoms in total. The van der Waals surface area contributed by atoms with Crippen LogP contribution in [0.1, 0.15) is 20.3 Å². The molecule has 0 saturated carbocycles. The van der Waals surface area contributed by atoms with Crippen LogP contribution < -0.4 is 10.5 Å². The molecule has 0 aromatic heterocycles. The van der Waals surface area contributed by atoms with Crippen molar-refractivity contribution < 1.29 is 19.0 Å². The first-order valence-electron chi connectivity index (χ1n) is 6.33. The third-order valence-corrected chi connectivity index (χ3v) is 4.35. The van der Waals surface area contributed by atoms with Gasteiger partial charge in [0.15, 0.2) is 0 Å². The van der Waals surface area contributed by atoms with Crippen LogP contribution in [0.2, 0.25) is 0 Å². The highest BCUT2D eigenvalue weighted by molar-refractivity contribution is 8.00. The van der Waals surface area contributed by atoms with Crippen LogP contribution in [0.3, 0.4) is 0 Å². The summed E-state index contributed by atoms with van der Waals surface area (Å²) < 4.78 is 17.6. The number of halogens is 1. The number of ether oxygens (including phenoxy) is 1. The Hall–Kier alpha value is -1.27. The van der Waals surface area contributed by atoms with Crippen LogP contribution in [-0.4, -0.2) is 34.2 Å². The number of rotatable bonds is 8. The zero-order valence-electron chi connectivity index (χ0n) is 11.6. The molecule has 0 aliphatic heterocycles. The topological polar surface area (TPSA) is 72.5 Å². The Morgan fingerprint density at radius 3 is 2.60 bits per heavy atom.